The maximum Gasteiger partial charge on any atom is 0.133 e. The number of morpholine rings is 1. The number of ether oxygens (including phenoxy) is 2. The molecule has 2 bridgehead atoms. The molecule has 3 aliphatic heterocycles. The largest absolute Gasteiger partial charge is 0.491 e. The van der Waals surface area contributed by atoms with E-state index in [1.165, 1.54) is 5.56 Å². The Balaban J connectivity index is 1.46. The van der Waals surface area contributed by atoms with Gasteiger partial charge in [0, 0.05) is 18.2 Å². The van der Waals surface area contributed by atoms with E-state index in [2.05, 4.69) is 33.1 Å². The Bertz CT molecular complexity index is 880. The fraction of sp³-hybridized carbons (Fsp3) is 0.450. The zero-order valence-electron chi connectivity index (χ0n) is 15.1. The van der Waals surface area contributed by atoms with Crippen LogP contribution in [0.25, 0.3) is 0 Å². The fourth-order valence-corrected chi connectivity index (χ4v) is 4.04. The second-order valence-electron chi connectivity index (χ2n) is 7.41. The zero-order chi connectivity index (χ0) is 17.7. The molecular formula is C20H22N4O2. The summed E-state index contributed by atoms with van der Waals surface area (Å²) in [4.78, 5) is 16.1. The van der Waals surface area contributed by atoms with Crippen LogP contribution in [0.15, 0.2) is 35.6 Å². The number of benzene rings is 1. The summed E-state index contributed by atoms with van der Waals surface area (Å²) < 4.78 is 11.6. The van der Waals surface area contributed by atoms with Crippen molar-refractivity contribution in [1.29, 1.82) is 0 Å². The number of aromatic nitrogens is 2. The molecule has 1 aromatic heterocycles. The quantitative estimate of drug-likeness (QED) is 0.848. The van der Waals surface area contributed by atoms with Gasteiger partial charge in [0.05, 0.1) is 42.8 Å². The van der Waals surface area contributed by atoms with Crippen LogP contribution < -0.4 is 9.64 Å². The van der Waals surface area contributed by atoms with Crippen LogP contribution in [-0.2, 0) is 11.3 Å². The van der Waals surface area contributed by atoms with Crippen molar-refractivity contribution in [2.24, 2.45) is 4.99 Å². The van der Waals surface area contributed by atoms with Gasteiger partial charge in [-0.05, 0) is 38.0 Å². The van der Waals surface area contributed by atoms with E-state index in [4.69, 9.17) is 14.5 Å². The zero-order valence-corrected chi connectivity index (χ0v) is 15.1. The minimum absolute atomic E-state index is 0.147. The summed E-state index contributed by atoms with van der Waals surface area (Å²) in [6, 6.07) is 8.69. The number of rotatable bonds is 4. The highest BCUT2D eigenvalue weighted by Gasteiger charge is 2.39. The lowest BCUT2D eigenvalue weighted by atomic mass is 10.0. The summed E-state index contributed by atoms with van der Waals surface area (Å²) in [5, 5.41) is 0. The molecule has 3 aliphatic rings. The molecule has 6 nitrogen and oxygen atoms in total. The normalized spacial score (nSPS) is 23.5. The van der Waals surface area contributed by atoms with Gasteiger partial charge in [-0.3, -0.25) is 4.99 Å². The van der Waals surface area contributed by atoms with Crippen molar-refractivity contribution in [2.45, 2.75) is 45.1 Å². The lowest BCUT2D eigenvalue weighted by molar-refractivity contribution is 0.0989. The van der Waals surface area contributed by atoms with Crippen LogP contribution in [-0.4, -0.2) is 47.1 Å². The molecule has 6 heteroatoms. The smallest absolute Gasteiger partial charge is 0.133 e. The lowest BCUT2D eigenvalue weighted by Crippen LogP contribution is -2.37. The van der Waals surface area contributed by atoms with Crippen LogP contribution >= 0.6 is 0 Å². The van der Waals surface area contributed by atoms with E-state index in [1.807, 2.05) is 19.9 Å². The Morgan fingerprint density at radius 1 is 1.23 bits per heavy atom. The van der Waals surface area contributed by atoms with Gasteiger partial charge in [0.25, 0.3) is 0 Å². The molecule has 134 valence electrons. The molecule has 5 rings (SSSR count). The van der Waals surface area contributed by atoms with Crippen molar-refractivity contribution in [2.75, 3.05) is 18.1 Å². The first-order valence-corrected chi connectivity index (χ1v) is 9.22. The number of nitrogens with zero attached hydrogens (tertiary/aromatic N) is 4. The molecule has 2 fully saturated rings. The molecule has 0 spiro atoms. The number of aliphatic imine (C=N–C) groups is 1. The van der Waals surface area contributed by atoms with E-state index >= 15 is 0 Å². The molecule has 26 heavy (non-hydrogen) atoms. The Labute approximate surface area is 152 Å². The van der Waals surface area contributed by atoms with E-state index in [9.17, 15) is 0 Å². The Hall–Kier alpha value is -2.47. The summed E-state index contributed by atoms with van der Waals surface area (Å²) >= 11 is 0. The van der Waals surface area contributed by atoms with Gasteiger partial charge in [-0.25, -0.2) is 9.97 Å². The van der Waals surface area contributed by atoms with E-state index < -0.39 is 0 Å². The Morgan fingerprint density at radius 3 is 2.92 bits per heavy atom. The van der Waals surface area contributed by atoms with Crippen molar-refractivity contribution in [3.63, 3.8) is 0 Å². The van der Waals surface area contributed by atoms with Crippen molar-refractivity contribution < 1.29 is 9.47 Å². The number of fused-ring (bicyclic) bond motifs is 3. The minimum atomic E-state index is 0.147. The van der Waals surface area contributed by atoms with Crippen molar-refractivity contribution >= 4 is 11.5 Å². The third kappa shape index (κ3) is 2.65. The maximum atomic E-state index is 5.85. The molecule has 0 N–H and O–H groups in total. The van der Waals surface area contributed by atoms with Gasteiger partial charge >= 0.3 is 0 Å². The topological polar surface area (TPSA) is 59.8 Å². The van der Waals surface area contributed by atoms with E-state index in [0.29, 0.717) is 18.7 Å². The summed E-state index contributed by atoms with van der Waals surface area (Å²) in [5.74, 6) is 1.84. The van der Waals surface area contributed by atoms with Crippen LogP contribution in [0.5, 0.6) is 5.75 Å². The van der Waals surface area contributed by atoms with E-state index in [1.54, 1.807) is 6.33 Å². The molecule has 2 saturated heterocycles. The van der Waals surface area contributed by atoms with Gasteiger partial charge in [-0.1, -0.05) is 6.07 Å². The first-order valence-electron chi connectivity index (χ1n) is 9.22. The maximum absolute atomic E-state index is 5.85. The van der Waals surface area contributed by atoms with Gasteiger partial charge in [-0.2, -0.15) is 0 Å². The van der Waals surface area contributed by atoms with Crippen LogP contribution in [0.2, 0.25) is 0 Å². The summed E-state index contributed by atoms with van der Waals surface area (Å²) in [6.07, 6.45) is 3.23. The highest BCUT2D eigenvalue weighted by molar-refractivity contribution is 6.14. The van der Waals surface area contributed by atoms with Crippen molar-refractivity contribution in [3.8, 4) is 5.75 Å². The van der Waals surface area contributed by atoms with Crippen LogP contribution in [0, 0.1) is 0 Å². The molecule has 2 aromatic rings. The second kappa shape index (κ2) is 6.06. The van der Waals surface area contributed by atoms with Gasteiger partial charge < -0.3 is 14.4 Å². The number of hydrogen-bond acceptors (Lipinski definition) is 6. The molecule has 1 unspecified atom stereocenters. The highest BCUT2D eigenvalue weighted by atomic mass is 16.5. The summed E-state index contributed by atoms with van der Waals surface area (Å²) in [7, 11) is 0. The second-order valence-corrected chi connectivity index (χ2v) is 7.41. The SMILES string of the molecule is CC(C)Oc1ccc2c(c1)C(c1cc(N3CC4C[C@H]3CO4)ncn1)=NC2. The molecule has 0 amide bonds. The predicted octanol–water partition coefficient (Wildman–Crippen LogP) is 2.59. The number of anilines is 1. The van der Waals surface area contributed by atoms with E-state index in [0.717, 1.165) is 48.1 Å². The van der Waals surface area contributed by atoms with Gasteiger partial charge in [0.1, 0.15) is 17.9 Å². The molecule has 0 saturated carbocycles. The molecule has 2 atom stereocenters. The number of hydrogen-bond donors (Lipinski definition) is 0. The average Bonchev–Trinajstić information content (AvgIpc) is 3.36. The monoisotopic (exact) mass is 350 g/mol. The molecule has 0 aliphatic carbocycles. The minimum Gasteiger partial charge on any atom is -0.491 e. The van der Waals surface area contributed by atoms with Crippen LogP contribution in [0.1, 0.15) is 37.1 Å². The standard InChI is InChI=1S/C20H22N4O2/c1-12(2)26-15-4-3-13-8-21-20(17(13)6-15)18-7-19(23-11-22-18)24-9-16-5-14(24)10-25-16/h3-4,6-7,11-12,14,16H,5,8-10H2,1-2H3/t14-,16?/m0/s1. The lowest BCUT2D eigenvalue weighted by Gasteiger charge is -2.27. The Kier molecular flexibility index (Phi) is 3.67. The third-order valence-electron chi connectivity index (χ3n) is 5.21. The van der Waals surface area contributed by atoms with Gasteiger partial charge in [0.2, 0.25) is 0 Å². The van der Waals surface area contributed by atoms with Crippen LogP contribution in [0.4, 0.5) is 5.82 Å². The first-order chi connectivity index (χ1) is 12.7. The fourth-order valence-electron chi connectivity index (χ4n) is 4.04. The molecule has 4 heterocycles. The first kappa shape index (κ1) is 15.8. The summed E-state index contributed by atoms with van der Waals surface area (Å²) in [6.45, 7) is 6.47. The average molecular weight is 350 g/mol. The van der Waals surface area contributed by atoms with Crippen molar-refractivity contribution in [1.82, 2.24) is 9.97 Å². The van der Waals surface area contributed by atoms with Crippen LogP contribution in [0.3, 0.4) is 0 Å². The summed E-state index contributed by atoms with van der Waals surface area (Å²) in [5.41, 5.74) is 4.13. The molecule has 0 radical (unpaired) electrons. The van der Waals surface area contributed by atoms with Crippen molar-refractivity contribution in [3.05, 3.63) is 47.4 Å². The Morgan fingerprint density at radius 2 is 2.15 bits per heavy atom. The van der Waals surface area contributed by atoms with E-state index in [-0.39, 0.29) is 6.10 Å². The van der Waals surface area contributed by atoms with Gasteiger partial charge in [0.15, 0.2) is 0 Å². The predicted molar refractivity (Wildman–Crippen MR) is 99.1 cm³/mol. The molecular weight excluding hydrogens is 328 g/mol. The third-order valence-corrected chi connectivity index (χ3v) is 5.21. The highest BCUT2D eigenvalue weighted by Crippen LogP contribution is 2.32. The van der Waals surface area contributed by atoms with Gasteiger partial charge in [-0.15, -0.1) is 0 Å². The molecule has 1 aromatic carbocycles.